The maximum atomic E-state index is 14.7. The molecule has 0 radical (unpaired) electrons. The molecule has 3 atom stereocenters. The highest BCUT2D eigenvalue weighted by atomic mass is 31.2. The van der Waals surface area contributed by atoms with Crippen LogP contribution >= 0.6 is 7.14 Å². The van der Waals surface area contributed by atoms with Gasteiger partial charge in [0.05, 0.1) is 0 Å². The zero-order chi connectivity index (χ0) is 18.6. The van der Waals surface area contributed by atoms with E-state index in [1.54, 1.807) is 0 Å². The van der Waals surface area contributed by atoms with Crippen molar-refractivity contribution in [1.29, 1.82) is 0 Å². The lowest BCUT2D eigenvalue weighted by molar-refractivity contribution is 0.550. The highest BCUT2D eigenvalue weighted by molar-refractivity contribution is 7.64. The van der Waals surface area contributed by atoms with Crippen LogP contribution in [0, 0.1) is 0 Å². The maximum Gasteiger partial charge on any atom is 0.108 e. The first-order valence-corrected chi connectivity index (χ1v) is 11.2. The van der Waals surface area contributed by atoms with Gasteiger partial charge in [0, 0.05) is 17.0 Å². The molecule has 134 valence electrons. The number of benzene rings is 3. The van der Waals surface area contributed by atoms with E-state index in [2.05, 4.69) is 57.2 Å². The Morgan fingerprint density at radius 3 is 0.962 bits per heavy atom. The summed E-state index contributed by atoms with van der Waals surface area (Å²) in [7, 11) is -2.66. The second-order valence-electron chi connectivity index (χ2n) is 7.02. The van der Waals surface area contributed by atoms with E-state index in [4.69, 9.17) is 0 Å². The normalized spacial score (nSPS) is 15.2. The molecule has 0 unspecified atom stereocenters. The SMILES string of the molecule is C[C@H](c1ccccc1)P(=O)([C@H](C)c1ccccc1)[C@H](C)c1ccccc1. The van der Waals surface area contributed by atoms with Crippen molar-refractivity contribution in [3.63, 3.8) is 0 Å². The lowest BCUT2D eigenvalue weighted by Crippen LogP contribution is -2.10. The first kappa shape index (κ1) is 18.7. The molecule has 0 aliphatic rings. The molecule has 3 aromatic rings. The molecule has 0 amide bonds. The van der Waals surface area contributed by atoms with Gasteiger partial charge in [-0.2, -0.15) is 0 Å². The van der Waals surface area contributed by atoms with E-state index in [9.17, 15) is 4.57 Å². The third-order valence-electron chi connectivity index (χ3n) is 5.66. The molecule has 0 aromatic heterocycles. The van der Waals surface area contributed by atoms with Crippen LogP contribution in [0.5, 0.6) is 0 Å². The predicted octanol–water partition coefficient (Wildman–Crippen LogP) is 7.63. The highest BCUT2D eigenvalue weighted by Crippen LogP contribution is 2.76. The Balaban J connectivity index is 2.11. The van der Waals surface area contributed by atoms with Gasteiger partial charge in [0.1, 0.15) is 7.14 Å². The Morgan fingerprint density at radius 2 is 0.731 bits per heavy atom. The van der Waals surface area contributed by atoms with Gasteiger partial charge in [-0.25, -0.2) is 0 Å². The van der Waals surface area contributed by atoms with Crippen LogP contribution in [0.15, 0.2) is 91.0 Å². The van der Waals surface area contributed by atoms with Crippen molar-refractivity contribution in [2.75, 3.05) is 0 Å². The van der Waals surface area contributed by atoms with Crippen molar-refractivity contribution in [3.8, 4) is 0 Å². The summed E-state index contributed by atoms with van der Waals surface area (Å²) in [6.07, 6.45) is 0. The molecule has 0 aliphatic carbocycles. The summed E-state index contributed by atoms with van der Waals surface area (Å²) in [5, 5.41) is 0. The molecule has 0 N–H and O–H groups in total. The van der Waals surface area contributed by atoms with E-state index in [1.807, 2.05) is 54.6 Å². The van der Waals surface area contributed by atoms with Crippen LogP contribution in [0.2, 0.25) is 0 Å². The predicted molar refractivity (Wildman–Crippen MR) is 112 cm³/mol. The summed E-state index contributed by atoms with van der Waals surface area (Å²) in [6, 6.07) is 30.9. The van der Waals surface area contributed by atoms with Gasteiger partial charge in [-0.15, -0.1) is 0 Å². The van der Waals surface area contributed by atoms with Crippen LogP contribution in [0.25, 0.3) is 0 Å². The largest absolute Gasteiger partial charge is 0.322 e. The van der Waals surface area contributed by atoms with Gasteiger partial charge in [-0.05, 0) is 16.7 Å². The standard InChI is InChI=1S/C24H27OP/c1-19(22-13-7-4-8-14-22)26(25,20(2)23-15-9-5-10-16-23)21(3)24-17-11-6-12-18-24/h4-21H,1-3H3/t19-,20-,21-/m1/s1. The molecular formula is C24H27OP. The average molecular weight is 362 g/mol. The average Bonchev–Trinajstić information content (AvgIpc) is 2.73. The Labute approximate surface area is 157 Å². The van der Waals surface area contributed by atoms with E-state index in [1.165, 1.54) is 0 Å². The molecule has 0 fully saturated rings. The van der Waals surface area contributed by atoms with Gasteiger partial charge in [-0.1, -0.05) is 112 Å². The fourth-order valence-electron chi connectivity index (χ4n) is 3.90. The smallest absolute Gasteiger partial charge is 0.108 e. The van der Waals surface area contributed by atoms with E-state index >= 15 is 0 Å². The number of rotatable bonds is 6. The first-order valence-electron chi connectivity index (χ1n) is 9.29. The zero-order valence-corrected chi connectivity index (χ0v) is 16.6. The van der Waals surface area contributed by atoms with Crippen LogP contribution in [0.4, 0.5) is 0 Å². The summed E-state index contributed by atoms with van der Waals surface area (Å²) >= 11 is 0. The molecule has 3 rings (SSSR count). The molecule has 0 bridgehead atoms. The van der Waals surface area contributed by atoms with Crippen molar-refractivity contribution in [2.45, 2.75) is 37.7 Å². The van der Waals surface area contributed by atoms with Gasteiger partial charge in [0.25, 0.3) is 0 Å². The third-order valence-corrected chi connectivity index (χ3v) is 10.2. The van der Waals surface area contributed by atoms with Gasteiger partial charge >= 0.3 is 0 Å². The zero-order valence-electron chi connectivity index (χ0n) is 15.7. The summed E-state index contributed by atoms with van der Waals surface area (Å²) in [4.78, 5) is 0. The minimum atomic E-state index is -2.66. The molecule has 0 heterocycles. The third kappa shape index (κ3) is 3.55. The van der Waals surface area contributed by atoms with Crippen LogP contribution < -0.4 is 0 Å². The lowest BCUT2D eigenvalue weighted by Gasteiger charge is -2.36. The molecule has 1 nitrogen and oxygen atoms in total. The van der Waals surface area contributed by atoms with Gasteiger partial charge in [-0.3, -0.25) is 0 Å². The van der Waals surface area contributed by atoms with E-state index in [0.717, 1.165) is 16.7 Å². The van der Waals surface area contributed by atoms with Crippen molar-refractivity contribution in [1.82, 2.24) is 0 Å². The summed E-state index contributed by atoms with van der Waals surface area (Å²) in [6.45, 7) is 6.40. The molecule has 0 saturated heterocycles. The molecule has 0 spiro atoms. The number of hydrogen-bond acceptors (Lipinski definition) is 1. The second kappa shape index (κ2) is 8.06. The fourth-order valence-corrected chi connectivity index (χ4v) is 7.83. The second-order valence-corrected chi connectivity index (χ2v) is 10.9. The van der Waals surface area contributed by atoms with Crippen LogP contribution in [0.1, 0.15) is 54.4 Å². The molecule has 0 saturated carbocycles. The van der Waals surface area contributed by atoms with Crippen LogP contribution in [0.3, 0.4) is 0 Å². The van der Waals surface area contributed by atoms with Crippen molar-refractivity contribution in [2.24, 2.45) is 0 Å². The molecule has 0 aliphatic heterocycles. The topological polar surface area (TPSA) is 17.1 Å². The van der Waals surface area contributed by atoms with Gasteiger partial charge in [0.2, 0.25) is 0 Å². The highest BCUT2D eigenvalue weighted by Gasteiger charge is 2.42. The minimum Gasteiger partial charge on any atom is -0.322 e. The first-order chi connectivity index (χ1) is 12.5. The van der Waals surface area contributed by atoms with Crippen LogP contribution in [-0.4, -0.2) is 0 Å². The number of hydrogen-bond donors (Lipinski definition) is 0. The fraction of sp³-hybridized carbons (Fsp3) is 0.250. The minimum absolute atomic E-state index is 0.00545. The Hall–Kier alpha value is -2.11. The monoisotopic (exact) mass is 362 g/mol. The van der Waals surface area contributed by atoms with E-state index in [0.29, 0.717) is 0 Å². The van der Waals surface area contributed by atoms with E-state index < -0.39 is 7.14 Å². The van der Waals surface area contributed by atoms with Crippen molar-refractivity contribution >= 4 is 7.14 Å². The molecular weight excluding hydrogens is 335 g/mol. The van der Waals surface area contributed by atoms with Crippen LogP contribution in [-0.2, 0) is 4.57 Å². The molecule has 26 heavy (non-hydrogen) atoms. The van der Waals surface area contributed by atoms with Crippen molar-refractivity contribution < 1.29 is 4.57 Å². The summed E-state index contributed by atoms with van der Waals surface area (Å²) < 4.78 is 14.7. The summed E-state index contributed by atoms with van der Waals surface area (Å²) in [5.74, 6) is 0. The maximum absolute atomic E-state index is 14.7. The lowest BCUT2D eigenvalue weighted by atomic mass is 10.1. The molecule has 2 heteroatoms. The molecule has 3 aromatic carbocycles. The van der Waals surface area contributed by atoms with Crippen molar-refractivity contribution in [3.05, 3.63) is 108 Å². The van der Waals surface area contributed by atoms with Gasteiger partial charge in [0.15, 0.2) is 0 Å². The Bertz CT molecular complexity index is 741. The Kier molecular flexibility index (Phi) is 5.79. The Morgan fingerprint density at radius 1 is 0.500 bits per heavy atom. The van der Waals surface area contributed by atoms with Gasteiger partial charge < -0.3 is 4.57 Å². The quantitative estimate of drug-likeness (QED) is 0.412. The summed E-state index contributed by atoms with van der Waals surface area (Å²) in [5.41, 5.74) is 3.45. The van der Waals surface area contributed by atoms with E-state index in [-0.39, 0.29) is 17.0 Å².